The van der Waals surface area contributed by atoms with Crippen LogP contribution in [0.25, 0.3) is 16.8 Å². The van der Waals surface area contributed by atoms with Gasteiger partial charge in [0.15, 0.2) is 0 Å². The molecule has 112 valence electrons. The summed E-state index contributed by atoms with van der Waals surface area (Å²) in [6, 6.07) is 7.50. The summed E-state index contributed by atoms with van der Waals surface area (Å²) in [4.78, 5) is 22.9. The molecule has 1 aromatic carbocycles. The Labute approximate surface area is 124 Å². The number of hydrogen-bond acceptors (Lipinski definition) is 3. The van der Waals surface area contributed by atoms with E-state index in [2.05, 4.69) is 5.10 Å². The van der Waals surface area contributed by atoms with E-state index in [0.29, 0.717) is 16.8 Å². The van der Waals surface area contributed by atoms with E-state index >= 15 is 0 Å². The maximum atomic E-state index is 13.3. The maximum absolute atomic E-state index is 13.3. The average Bonchev–Trinajstić information content (AvgIpc) is 2.91. The van der Waals surface area contributed by atoms with E-state index in [1.165, 1.54) is 27.4 Å². The van der Waals surface area contributed by atoms with Crippen molar-refractivity contribution < 1.29 is 14.3 Å². The summed E-state index contributed by atoms with van der Waals surface area (Å²) >= 11 is 0. The van der Waals surface area contributed by atoms with Gasteiger partial charge in [0, 0.05) is 24.5 Å². The fourth-order valence-corrected chi connectivity index (χ4v) is 2.21. The number of rotatable bonds is 4. The third-order valence-electron chi connectivity index (χ3n) is 3.29. The van der Waals surface area contributed by atoms with Crippen LogP contribution in [0.2, 0.25) is 0 Å². The maximum Gasteiger partial charge on any atom is 0.305 e. The van der Waals surface area contributed by atoms with Gasteiger partial charge in [-0.3, -0.25) is 9.59 Å². The number of aromatic nitrogens is 3. The number of hydrogen-bond donors (Lipinski definition) is 1. The monoisotopic (exact) mass is 301 g/mol. The Morgan fingerprint density at radius 2 is 2.09 bits per heavy atom. The molecule has 3 aromatic rings. The van der Waals surface area contributed by atoms with Crippen LogP contribution < -0.4 is 5.56 Å². The molecule has 6 nitrogen and oxygen atoms in total. The molecule has 22 heavy (non-hydrogen) atoms. The molecule has 0 saturated heterocycles. The molecular formula is C15H12FN3O3. The lowest BCUT2D eigenvalue weighted by atomic mass is 10.1. The first-order valence-corrected chi connectivity index (χ1v) is 6.61. The van der Waals surface area contributed by atoms with Crippen LogP contribution in [0.1, 0.15) is 6.42 Å². The van der Waals surface area contributed by atoms with Crippen molar-refractivity contribution in [3.8, 4) is 11.3 Å². The molecule has 0 fully saturated rings. The van der Waals surface area contributed by atoms with E-state index < -0.39 is 5.97 Å². The number of carbonyl (C=O) groups is 1. The fraction of sp³-hybridized carbons (Fsp3) is 0.133. The zero-order valence-electron chi connectivity index (χ0n) is 11.4. The van der Waals surface area contributed by atoms with Crippen molar-refractivity contribution >= 4 is 11.5 Å². The third-order valence-corrected chi connectivity index (χ3v) is 3.29. The zero-order chi connectivity index (χ0) is 15.7. The van der Waals surface area contributed by atoms with Gasteiger partial charge in [-0.25, -0.2) is 8.91 Å². The van der Waals surface area contributed by atoms with Crippen molar-refractivity contribution in [3.63, 3.8) is 0 Å². The number of nitrogens with zero attached hydrogens (tertiary/aromatic N) is 3. The van der Waals surface area contributed by atoms with Gasteiger partial charge in [0.2, 0.25) is 0 Å². The van der Waals surface area contributed by atoms with E-state index in [0.717, 1.165) is 0 Å². The normalized spacial score (nSPS) is 11.0. The molecule has 0 aliphatic carbocycles. The van der Waals surface area contributed by atoms with Gasteiger partial charge in [0.25, 0.3) is 5.56 Å². The van der Waals surface area contributed by atoms with E-state index in [9.17, 15) is 14.0 Å². The largest absolute Gasteiger partial charge is 0.481 e. The molecule has 0 spiro atoms. The van der Waals surface area contributed by atoms with Crippen LogP contribution in [0.5, 0.6) is 0 Å². The topological polar surface area (TPSA) is 76.6 Å². The van der Waals surface area contributed by atoms with Crippen LogP contribution in [0, 0.1) is 5.82 Å². The number of carboxylic acid groups (broad SMARTS) is 1. The van der Waals surface area contributed by atoms with Crippen molar-refractivity contribution in [2.24, 2.45) is 0 Å². The highest BCUT2D eigenvalue weighted by Crippen LogP contribution is 2.19. The van der Waals surface area contributed by atoms with Crippen molar-refractivity contribution in [3.05, 3.63) is 58.9 Å². The van der Waals surface area contributed by atoms with Crippen molar-refractivity contribution in [2.75, 3.05) is 0 Å². The summed E-state index contributed by atoms with van der Waals surface area (Å²) in [5.41, 5.74) is 1.03. The Morgan fingerprint density at radius 3 is 2.82 bits per heavy atom. The minimum absolute atomic E-state index is 0.0884. The van der Waals surface area contributed by atoms with Crippen LogP contribution in [0.3, 0.4) is 0 Å². The molecular weight excluding hydrogens is 289 g/mol. The van der Waals surface area contributed by atoms with Crippen LogP contribution in [0.15, 0.2) is 47.5 Å². The lowest BCUT2D eigenvalue weighted by Gasteiger charge is -2.03. The Balaban J connectivity index is 2.05. The first kappa shape index (κ1) is 14.0. The first-order valence-electron chi connectivity index (χ1n) is 6.61. The molecule has 0 unspecified atom stereocenters. The highest BCUT2D eigenvalue weighted by atomic mass is 19.1. The van der Waals surface area contributed by atoms with Crippen LogP contribution in [0.4, 0.5) is 4.39 Å². The highest BCUT2D eigenvalue weighted by molar-refractivity contribution is 5.67. The molecule has 0 bridgehead atoms. The Morgan fingerprint density at radius 1 is 1.27 bits per heavy atom. The number of aryl methyl sites for hydroxylation is 1. The van der Waals surface area contributed by atoms with Gasteiger partial charge in [-0.05, 0) is 18.2 Å². The Kier molecular flexibility index (Phi) is 3.46. The van der Waals surface area contributed by atoms with E-state index in [-0.39, 0.29) is 24.3 Å². The molecule has 0 aliphatic heterocycles. The van der Waals surface area contributed by atoms with Gasteiger partial charge in [0.05, 0.1) is 12.1 Å². The molecule has 2 heterocycles. The summed E-state index contributed by atoms with van der Waals surface area (Å²) in [5, 5.41) is 12.9. The first-order chi connectivity index (χ1) is 10.5. The molecule has 0 aliphatic rings. The molecule has 0 amide bonds. The second-order valence-corrected chi connectivity index (χ2v) is 4.81. The molecule has 3 rings (SSSR count). The minimum atomic E-state index is -0.972. The lowest BCUT2D eigenvalue weighted by molar-refractivity contribution is -0.137. The number of fused-ring (bicyclic) bond motifs is 1. The average molecular weight is 301 g/mol. The number of halogens is 1. The lowest BCUT2D eigenvalue weighted by Crippen LogP contribution is -2.22. The van der Waals surface area contributed by atoms with Gasteiger partial charge in [0.1, 0.15) is 11.3 Å². The summed E-state index contributed by atoms with van der Waals surface area (Å²) < 4.78 is 16.0. The zero-order valence-corrected chi connectivity index (χ0v) is 11.4. The van der Waals surface area contributed by atoms with Gasteiger partial charge in [-0.15, -0.1) is 0 Å². The van der Waals surface area contributed by atoms with Crippen molar-refractivity contribution in [1.29, 1.82) is 0 Å². The predicted octanol–water partition coefficient (Wildman–Crippen LogP) is 1.78. The molecule has 2 aromatic heterocycles. The number of benzene rings is 1. The van der Waals surface area contributed by atoms with Crippen LogP contribution in [-0.2, 0) is 11.3 Å². The summed E-state index contributed by atoms with van der Waals surface area (Å²) in [6.07, 6.45) is 2.92. The minimum Gasteiger partial charge on any atom is -0.481 e. The van der Waals surface area contributed by atoms with Gasteiger partial charge in [-0.1, -0.05) is 12.1 Å². The van der Waals surface area contributed by atoms with Crippen LogP contribution in [-0.4, -0.2) is 25.3 Å². The molecule has 7 heteroatoms. The second kappa shape index (κ2) is 5.44. The van der Waals surface area contributed by atoms with Gasteiger partial charge < -0.3 is 9.67 Å². The SMILES string of the molecule is O=C(O)CCn1ccn2nc(-c3cccc(F)c3)cc2c1=O. The predicted molar refractivity (Wildman–Crippen MR) is 77.1 cm³/mol. The molecule has 1 N–H and O–H groups in total. The smallest absolute Gasteiger partial charge is 0.305 e. The van der Waals surface area contributed by atoms with Gasteiger partial charge >= 0.3 is 5.97 Å². The number of aliphatic carboxylic acids is 1. The fourth-order valence-electron chi connectivity index (χ4n) is 2.21. The van der Waals surface area contributed by atoms with Crippen LogP contribution >= 0.6 is 0 Å². The van der Waals surface area contributed by atoms with Crippen molar-refractivity contribution in [2.45, 2.75) is 13.0 Å². The summed E-state index contributed by atoms with van der Waals surface area (Å²) in [6.45, 7) is 0.0884. The van der Waals surface area contributed by atoms with E-state index in [1.54, 1.807) is 24.4 Å². The quantitative estimate of drug-likeness (QED) is 0.797. The standard InChI is InChI=1S/C15H12FN3O3/c16-11-3-1-2-10(8-11)12-9-13-15(22)18(5-4-14(20)21)6-7-19(13)17-12/h1-3,6-9H,4-5H2,(H,20,21). The second-order valence-electron chi connectivity index (χ2n) is 4.81. The Bertz CT molecular complexity index is 914. The van der Waals surface area contributed by atoms with E-state index in [4.69, 9.17) is 5.11 Å². The summed E-state index contributed by atoms with van der Waals surface area (Å²) in [5.74, 6) is -1.35. The number of carboxylic acids is 1. The van der Waals surface area contributed by atoms with E-state index in [1.807, 2.05) is 0 Å². The molecule has 0 radical (unpaired) electrons. The van der Waals surface area contributed by atoms with Crippen molar-refractivity contribution in [1.82, 2.24) is 14.2 Å². The summed E-state index contributed by atoms with van der Waals surface area (Å²) in [7, 11) is 0. The third kappa shape index (κ3) is 2.60. The molecule has 0 atom stereocenters. The van der Waals surface area contributed by atoms with Gasteiger partial charge in [-0.2, -0.15) is 5.10 Å². The highest BCUT2D eigenvalue weighted by Gasteiger charge is 2.10. The molecule has 0 saturated carbocycles. The Hall–Kier alpha value is -2.96.